The molecule has 2 heteroatoms. The van der Waals surface area contributed by atoms with Crippen LogP contribution in [-0.4, -0.2) is 11.6 Å². The molecule has 0 bridgehead atoms. The Morgan fingerprint density at radius 3 is 1.13 bits per heavy atom. The molecular weight excluding hydrogens is 299 g/mol. The monoisotopic (exact) mass is 322 g/mol. The summed E-state index contributed by atoms with van der Waals surface area (Å²) in [7, 11) is -1.55. The predicted octanol–water partition coefficient (Wildman–Crippen LogP) is 4.21. The zero-order valence-electron chi connectivity index (χ0n) is 13.5. The maximum absolute atomic E-state index is 2.31. The molecule has 3 aromatic rings. The van der Waals surface area contributed by atoms with Crippen molar-refractivity contribution in [1.29, 1.82) is 0 Å². The highest BCUT2D eigenvalue weighted by atomic mass is 31.2. The average molecular weight is 322 g/mol. The van der Waals surface area contributed by atoms with Gasteiger partial charge in [0.2, 0.25) is 0 Å². The van der Waals surface area contributed by atoms with E-state index in [1.165, 1.54) is 28.5 Å². The van der Waals surface area contributed by atoms with Crippen LogP contribution in [0.25, 0.3) is 0 Å². The molecular formula is C21H23OP. The Hall–Kier alpha value is -1.95. The van der Waals surface area contributed by atoms with Crippen molar-refractivity contribution < 1.29 is 5.48 Å². The normalized spacial score (nSPS) is 10.8. The van der Waals surface area contributed by atoms with E-state index in [1.54, 1.807) is 0 Å². The van der Waals surface area contributed by atoms with Crippen LogP contribution in [0.15, 0.2) is 91.0 Å². The number of hydrogen-bond donors (Lipinski definition) is 0. The zero-order chi connectivity index (χ0) is 15.3. The summed E-state index contributed by atoms with van der Waals surface area (Å²) in [6, 6.07) is 33.2. The third kappa shape index (κ3) is 3.37. The molecule has 0 atom stereocenters. The minimum Gasteiger partial charge on any atom is -0.870 e. The second kappa shape index (κ2) is 8.06. The molecule has 0 aliphatic rings. The first-order valence-electron chi connectivity index (χ1n) is 7.93. The van der Waals surface area contributed by atoms with E-state index in [-0.39, 0.29) is 5.48 Å². The Kier molecular flexibility index (Phi) is 6.10. The van der Waals surface area contributed by atoms with Crippen molar-refractivity contribution in [2.45, 2.75) is 13.3 Å². The number of rotatable bonds is 5. The smallest absolute Gasteiger partial charge is 0.112 e. The van der Waals surface area contributed by atoms with Crippen molar-refractivity contribution in [1.82, 2.24) is 0 Å². The maximum Gasteiger partial charge on any atom is 0.112 e. The van der Waals surface area contributed by atoms with Gasteiger partial charge in [-0.2, -0.15) is 0 Å². The summed E-state index contributed by atoms with van der Waals surface area (Å²) in [5.41, 5.74) is 0. The fourth-order valence-electron chi connectivity index (χ4n) is 3.22. The molecule has 23 heavy (non-hydrogen) atoms. The number of hydrogen-bond acceptors (Lipinski definition) is 1. The van der Waals surface area contributed by atoms with Gasteiger partial charge in [-0.25, -0.2) is 0 Å². The van der Waals surface area contributed by atoms with Crippen LogP contribution in [0, 0.1) is 0 Å². The first-order valence-corrected chi connectivity index (χ1v) is 9.90. The minimum absolute atomic E-state index is 0. The van der Waals surface area contributed by atoms with Crippen LogP contribution < -0.4 is 15.9 Å². The lowest BCUT2D eigenvalue weighted by molar-refractivity contribution is 0.824. The second-order valence-electron chi connectivity index (χ2n) is 5.54. The van der Waals surface area contributed by atoms with E-state index >= 15 is 0 Å². The molecule has 0 aliphatic carbocycles. The zero-order valence-corrected chi connectivity index (χ0v) is 14.4. The van der Waals surface area contributed by atoms with Gasteiger partial charge in [0, 0.05) is 0 Å². The topological polar surface area (TPSA) is 30.0 Å². The van der Waals surface area contributed by atoms with Gasteiger partial charge in [-0.05, 0) is 42.8 Å². The van der Waals surface area contributed by atoms with Gasteiger partial charge in [0.05, 0.1) is 6.16 Å². The molecule has 0 heterocycles. The summed E-state index contributed by atoms with van der Waals surface area (Å²) in [6.07, 6.45) is 2.40. The highest BCUT2D eigenvalue weighted by molar-refractivity contribution is 7.95. The first kappa shape index (κ1) is 17.4. The first-order chi connectivity index (χ1) is 10.9. The molecule has 3 rings (SSSR count). The van der Waals surface area contributed by atoms with Crippen molar-refractivity contribution in [3.8, 4) is 0 Å². The largest absolute Gasteiger partial charge is 0.870 e. The lowest BCUT2D eigenvalue weighted by Gasteiger charge is -2.27. The summed E-state index contributed by atoms with van der Waals surface area (Å²) in [5, 5.41) is 4.44. The van der Waals surface area contributed by atoms with Gasteiger partial charge in [-0.1, -0.05) is 61.5 Å². The van der Waals surface area contributed by atoms with Crippen LogP contribution in [0.1, 0.15) is 13.3 Å². The molecule has 1 nitrogen and oxygen atoms in total. The van der Waals surface area contributed by atoms with E-state index < -0.39 is 7.26 Å². The quantitative estimate of drug-likeness (QED) is 0.647. The van der Waals surface area contributed by atoms with Gasteiger partial charge in [0.25, 0.3) is 0 Å². The van der Waals surface area contributed by atoms with E-state index in [0.29, 0.717) is 0 Å². The summed E-state index contributed by atoms with van der Waals surface area (Å²) < 4.78 is 0. The fraction of sp³-hybridized carbons (Fsp3) is 0.143. The Labute approximate surface area is 139 Å². The van der Waals surface area contributed by atoms with Gasteiger partial charge >= 0.3 is 0 Å². The van der Waals surface area contributed by atoms with Gasteiger partial charge < -0.3 is 5.48 Å². The van der Waals surface area contributed by atoms with Crippen LogP contribution in [0.5, 0.6) is 0 Å². The van der Waals surface area contributed by atoms with E-state index in [9.17, 15) is 0 Å². The lowest BCUT2D eigenvalue weighted by atomic mass is 10.4. The third-order valence-corrected chi connectivity index (χ3v) is 8.81. The Morgan fingerprint density at radius 2 is 0.870 bits per heavy atom. The molecule has 1 N–H and O–H groups in total. The van der Waals surface area contributed by atoms with Gasteiger partial charge in [0.15, 0.2) is 0 Å². The molecule has 0 aliphatic heterocycles. The van der Waals surface area contributed by atoms with Crippen molar-refractivity contribution in [2.24, 2.45) is 0 Å². The highest BCUT2D eigenvalue weighted by Crippen LogP contribution is 2.55. The van der Waals surface area contributed by atoms with Gasteiger partial charge in [-0.15, -0.1) is 0 Å². The van der Waals surface area contributed by atoms with Crippen LogP contribution in [-0.2, 0) is 0 Å². The molecule has 3 aromatic carbocycles. The molecule has 0 spiro atoms. The predicted molar refractivity (Wildman–Crippen MR) is 102 cm³/mol. The minimum atomic E-state index is -1.55. The lowest BCUT2D eigenvalue weighted by Crippen LogP contribution is -2.33. The van der Waals surface area contributed by atoms with Crippen molar-refractivity contribution in [3.05, 3.63) is 91.0 Å². The van der Waals surface area contributed by atoms with E-state index in [2.05, 4.69) is 97.9 Å². The average Bonchev–Trinajstić information content (AvgIpc) is 2.62. The van der Waals surface area contributed by atoms with E-state index in [4.69, 9.17) is 0 Å². The Bertz CT molecular complexity index is 599. The third-order valence-electron chi connectivity index (χ3n) is 4.15. The maximum atomic E-state index is 2.31. The van der Waals surface area contributed by atoms with Crippen molar-refractivity contribution in [3.63, 3.8) is 0 Å². The van der Waals surface area contributed by atoms with Crippen LogP contribution in [0.3, 0.4) is 0 Å². The van der Waals surface area contributed by atoms with E-state index in [0.717, 1.165) is 0 Å². The molecule has 0 saturated heterocycles. The molecule has 0 aromatic heterocycles. The van der Waals surface area contributed by atoms with Crippen LogP contribution in [0.4, 0.5) is 0 Å². The van der Waals surface area contributed by atoms with Crippen molar-refractivity contribution in [2.75, 3.05) is 6.16 Å². The molecule has 0 fully saturated rings. The Balaban J connectivity index is 0.00000192. The van der Waals surface area contributed by atoms with E-state index in [1.807, 2.05) is 0 Å². The van der Waals surface area contributed by atoms with Gasteiger partial charge in [-0.3, -0.25) is 0 Å². The summed E-state index contributed by atoms with van der Waals surface area (Å²) in [4.78, 5) is 0. The SMILES string of the molecule is CCC[P+](c1ccccc1)(c1ccccc1)c1ccccc1.[OH-]. The van der Waals surface area contributed by atoms with Crippen LogP contribution in [0.2, 0.25) is 0 Å². The fourth-order valence-corrected chi connectivity index (χ4v) is 7.60. The summed E-state index contributed by atoms with van der Waals surface area (Å²) in [5.74, 6) is 0. The Morgan fingerprint density at radius 1 is 0.565 bits per heavy atom. The molecule has 0 radical (unpaired) electrons. The summed E-state index contributed by atoms with van der Waals surface area (Å²) in [6.45, 7) is 2.30. The molecule has 0 saturated carbocycles. The molecule has 0 amide bonds. The highest BCUT2D eigenvalue weighted by Gasteiger charge is 2.43. The van der Waals surface area contributed by atoms with Crippen molar-refractivity contribution >= 4 is 23.2 Å². The van der Waals surface area contributed by atoms with Gasteiger partial charge in [0.1, 0.15) is 23.2 Å². The second-order valence-corrected chi connectivity index (χ2v) is 9.16. The molecule has 0 unspecified atom stereocenters. The van der Waals surface area contributed by atoms with Crippen LogP contribution >= 0.6 is 7.26 Å². The standard InChI is InChI=1S/C21H22P.H2O/c1-2-18-22(19-12-6-3-7-13-19,20-14-8-4-9-15-20)21-16-10-5-11-17-21;/h3-17H,2,18H2,1H3;1H2/q+1;/p-1. The number of benzene rings is 3. The molecule has 118 valence electrons. The summed E-state index contributed by atoms with van der Waals surface area (Å²) >= 11 is 0.